The molecule has 0 aliphatic carbocycles. The zero-order chi connectivity index (χ0) is 17.6. The largest absolute Gasteiger partial charge is 0.476 e. The number of hydrogen-bond acceptors (Lipinski definition) is 3. The average molecular weight is 375 g/mol. The van der Waals surface area contributed by atoms with Crippen LogP contribution in [0.1, 0.15) is 30.6 Å². The third-order valence-corrected chi connectivity index (χ3v) is 4.86. The van der Waals surface area contributed by atoms with Crippen LogP contribution in [0.2, 0.25) is 0 Å². The molecule has 0 bridgehead atoms. The molecule has 26 heavy (non-hydrogen) atoms. The minimum Gasteiger partial charge on any atom is -0.476 e. The topological polar surface area (TPSA) is 55.6 Å². The molecule has 1 aliphatic heterocycles. The number of carbonyl (C=O) groups excluding carboxylic acids is 1. The zero-order valence-corrected chi connectivity index (χ0v) is 16.0. The van der Waals surface area contributed by atoms with E-state index in [-0.39, 0.29) is 18.3 Å². The van der Waals surface area contributed by atoms with Crippen molar-refractivity contribution in [3.63, 3.8) is 0 Å². The summed E-state index contributed by atoms with van der Waals surface area (Å²) in [5.41, 5.74) is 7.77. The molecular formula is C21H27ClN2O2. The second-order valence-electron chi connectivity index (χ2n) is 6.54. The molecule has 140 valence electrons. The number of rotatable bonds is 6. The van der Waals surface area contributed by atoms with Gasteiger partial charge in [0, 0.05) is 18.7 Å². The number of benzene rings is 2. The molecule has 0 saturated carbocycles. The molecule has 1 heterocycles. The Morgan fingerprint density at radius 1 is 1.19 bits per heavy atom. The Balaban J connectivity index is 0.00000243. The molecule has 2 unspecified atom stereocenters. The van der Waals surface area contributed by atoms with Crippen molar-refractivity contribution in [1.82, 2.24) is 4.90 Å². The van der Waals surface area contributed by atoms with Crippen molar-refractivity contribution >= 4 is 18.3 Å². The standard InChI is InChI=1S/C21H26N2O2.ClH/c1-2-17-8-6-7-11-19(17)25-20(18-9-4-3-5-10-18)21(24)23-13-12-16(14-22)15-23;/h3-11,16,20H,2,12-15,22H2,1H3;1H. The Kier molecular flexibility index (Phi) is 7.49. The quantitative estimate of drug-likeness (QED) is 0.840. The fourth-order valence-electron chi connectivity index (χ4n) is 3.32. The number of aryl methyl sites for hydroxylation is 1. The van der Waals surface area contributed by atoms with E-state index in [1.165, 1.54) is 0 Å². The van der Waals surface area contributed by atoms with Gasteiger partial charge in [0.15, 0.2) is 0 Å². The van der Waals surface area contributed by atoms with E-state index in [1.807, 2.05) is 59.5 Å². The lowest BCUT2D eigenvalue weighted by Gasteiger charge is -2.25. The first-order valence-electron chi connectivity index (χ1n) is 9.01. The Labute approximate surface area is 161 Å². The van der Waals surface area contributed by atoms with E-state index >= 15 is 0 Å². The highest BCUT2D eigenvalue weighted by Crippen LogP contribution is 2.29. The van der Waals surface area contributed by atoms with Crippen molar-refractivity contribution in [3.05, 3.63) is 65.7 Å². The summed E-state index contributed by atoms with van der Waals surface area (Å²) >= 11 is 0. The van der Waals surface area contributed by atoms with Crippen LogP contribution in [0.15, 0.2) is 54.6 Å². The number of amides is 1. The van der Waals surface area contributed by atoms with E-state index < -0.39 is 6.10 Å². The van der Waals surface area contributed by atoms with Gasteiger partial charge in [-0.1, -0.05) is 55.5 Å². The molecule has 3 rings (SSSR count). The van der Waals surface area contributed by atoms with Gasteiger partial charge in [-0.3, -0.25) is 4.79 Å². The monoisotopic (exact) mass is 374 g/mol. The summed E-state index contributed by atoms with van der Waals surface area (Å²) in [5.74, 6) is 1.19. The van der Waals surface area contributed by atoms with Gasteiger partial charge in [-0.25, -0.2) is 0 Å². The molecule has 2 N–H and O–H groups in total. The molecule has 1 amide bonds. The summed E-state index contributed by atoms with van der Waals surface area (Å²) in [6.45, 7) is 4.19. The summed E-state index contributed by atoms with van der Waals surface area (Å²) < 4.78 is 6.24. The van der Waals surface area contributed by atoms with E-state index in [0.29, 0.717) is 12.5 Å². The van der Waals surface area contributed by atoms with Gasteiger partial charge in [0.05, 0.1) is 0 Å². The fourth-order valence-corrected chi connectivity index (χ4v) is 3.32. The fraction of sp³-hybridized carbons (Fsp3) is 0.381. The third kappa shape index (κ3) is 4.57. The maximum Gasteiger partial charge on any atom is 0.268 e. The molecule has 5 heteroatoms. The average Bonchev–Trinajstić information content (AvgIpc) is 3.16. The molecule has 1 saturated heterocycles. The summed E-state index contributed by atoms with van der Waals surface area (Å²) in [4.78, 5) is 15.1. The molecule has 1 fully saturated rings. The normalized spacial score (nSPS) is 17.5. The van der Waals surface area contributed by atoms with Gasteiger partial charge in [0.2, 0.25) is 6.10 Å². The highest BCUT2D eigenvalue weighted by atomic mass is 35.5. The van der Waals surface area contributed by atoms with E-state index in [1.54, 1.807) is 0 Å². The number of hydrogen-bond donors (Lipinski definition) is 1. The summed E-state index contributed by atoms with van der Waals surface area (Å²) in [7, 11) is 0. The van der Waals surface area contributed by atoms with Gasteiger partial charge in [-0.15, -0.1) is 12.4 Å². The predicted octanol–water partition coefficient (Wildman–Crippen LogP) is 3.60. The molecule has 4 nitrogen and oxygen atoms in total. The molecule has 0 spiro atoms. The van der Waals surface area contributed by atoms with E-state index in [9.17, 15) is 4.79 Å². The highest BCUT2D eigenvalue weighted by Gasteiger charge is 2.32. The zero-order valence-electron chi connectivity index (χ0n) is 15.1. The van der Waals surface area contributed by atoms with Crippen molar-refractivity contribution in [2.75, 3.05) is 19.6 Å². The van der Waals surface area contributed by atoms with E-state index in [2.05, 4.69) is 6.92 Å². The van der Waals surface area contributed by atoms with Gasteiger partial charge in [0.25, 0.3) is 5.91 Å². The Hall–Kier alpha value is -2.04. The van der Waals surface area contributed by atoms with Crippen LogP contribution in [-0.2, 0) is 11.2 Å². The van der Waals surface area contributed by atoms with Crippen molar-refractivity contribution < 1.29 is 9.53 Å². The first kappa shape index (κ1) is 20.3. The number of halogens is 1. The second kappa shape index (κ2) is 9.60. The SMILES string of the molecule is CCc1ccccc1OC(C(=O)N1CCC(CN)C1)c1ccccc1.Cl. The maximum absolute atomic E-state index is 13.2. The van der Waals surface area contributed by atoms with Crippen LogP contribution in [0.3, 0.4) is 0 Å². The van der Waals surface area contributed by atoms with Crippen LogP contribution in [0, 0.1) is 5.92 Å². The van der Waals surface area contributed by atoms with Gasteiger partial charge < -0.3 is 15.4 Å². The molecular weight excluding hydrogens is 348 g/mol. The van der Waals surface area contributed by atoms with Crippen LogP contribution in [-0.4, -0.2) is 30.4 Å². The van der Waals surface area contributed by atoms with E-state index in [0.717, 1.165) is 42.8 Å². The van der Waals surface area contributed by atoms with Crippen LogP contribution >= 0.6 is 12.4 Å². The Bertz CT molecular complexity index is 708. The number of para-hydroxylation sites is 1. The lowest BCUT2D eigenvalue weighted by Crippen LogP contribution is -2.36. The van der Waals surface area contributed by atoms with Gasteiger partial charge in [-0.05, 0) is 36.9 Å². The van der Waals surface area contributed by atoms with Crippen molar-refractivity contribution in [2.45, 2.75) is 25.9 Å². The summed E-state index contributed by atoms with van der Waals surface area (Å²) in [6, 6.07) is 17.7. The van der Waals surface area contributed by atoms with Crippen molar-refractivity contribution in [2.24, 2.45) is 11.7 Å². The number of likely N-dealkylation sites (tertiary alicyclic amines) is 1. The van der Waals surface area contributed by atoms with Gasteiger partial charge in [0.1, 0.15) is 5.75 Å². The van der Waals surface area contributed by atoms with Crippen molar-refractivity contribution in [1.29, 1.82) is 0 Å². The van der Waals surface area contributed by atoms with Crippen molar-refractivity contribution in [3.8, 4) is 5.75 Å². The minimum atomic E-state index is -0.620. The number of nitrogens with two attached hydrogens (primary N) is 1. The van der Waals surface area contributed by atoms with Crippen LogP contribution in [0.4, 0.5) is 0 Å². The second-order valence-corrected chi connectivity index (χ2v) is 6.54. The van der Waals surface area contributed by atoms with Crippen LogP contribution in [0.5, 0.6) is 5.75 Å². The Morgan fingerprint density at radius 3 is 2.54 bits per heavy atom. The number of carbonyl (C=O) groups is 1. The number of nitrogens with zero attached hydrogens (tertiary/aromatic N) is 1. The molecule has 2 aromatic rings. The van der Waals surface area contributed by atoms with Crippen LogP contribution < -0.4 is 10.5 Å². The predicted molar refractivity (Wildman–Crippen MR) is 107 cm³/mol. The molecule has 2 atom stereocenters. The molecule has 0 aromatic heterocycles. The van der Waals surface area contributed by atoms with Gasteiger partial charge in [-0.2, -0.15) is 0 Å². The third-order valence-electron chi connectivity index (χ3n) is 4.86. The summed E-state index contributed by atoms with van der Waals surface area (Å²) in [6.07, 6.45) is 1.21. The van der Waals surface area contributed by atoms with Crippen LogP contribution in [0.25, 0.3) is 0 Å². The molecule has 0 radical (unpaired) electrons. The van der Waals surface area contributed by atoms with E-state index in [4.69, 9.17) is 10.5 Å². The molecule has 1 aliphatic rings. The lowest BCUT2D eigenvalue weighted by molar-refractivity contribution is -0.138. The summed E-state index contributed by atoms with van der Waals surface area (Å²) in [5, 5.41) is 0. The first-order chi connectivity index (χ1) is 12.2. The minimum absolute atomic E-state index is 0. The first-order valence-corrected chi connectivity index (χ1v) is 9.01. The molecule has 2 aromatic carbocycles. The Morgan fingerprint density at radius 2 is 1.88 bits per heavy atom. The highest BCUT2D eigenvalue weighted by molar-refractivity contribution is 5.85. The smallest absolute Gasteiger partial charge is 0.268 e. The lowest BCUT2D eigenvalue weighted by atomic mass is 10.1. The van der Waals surface area contributed by atoms with Gasteiger partial charge >= 0.3 is 0 Å². The maximum atomic E-state index is 13.2. The number of ether oxygens (including phenoxy) is 1.